The maximum absolute atomic E-state index is 13.0. The minimum Gasteiger partial charge on any atom is -0.493 e. The molecule has 1 N–H and O–H groups in total. The van der Waals surface area contributed by atoms with Gasteiger partial charge in [-0.3, -0.25) is 14.2 Å². The lowest BCUT2D eigenvalue weighted by atomic mass is 10.1. The molecule has 0 aliphatic heterocycles. The lowest BCUT2D eigenvalue weighted by Crippen LogP contribution is -2.29. The molecule has 0 spiro atoms. The first-order valence-electron chi connectivity index (χ1n) is 9.50. The van der Waals surface area contributed by atoms with Crippen LogP contribution >= 0.6 is 0 Å². The Hall–Kier alpha value is -3.94. The Morgan fingerprint density at radius 3 is 2.52 bits per heavy atom. The van der Waals surface area contributed by atoms with Crippen molar-refractivity contribution >= 4 is 12.0 Å². The SMILES string of the molecule is COc1ccc(/C=C/C(=O)NCCn2cnc(-c3ccc(F)cc3)cc2=O)cc1OC. The van der Waals surface area contributed by atoms with Gasteiger partial charge in [-0.15, -0.1) is 0 Å². The molecule has 8 heteroatoms. The molecule has 0 saturated heterocycles. The molecule has 0 bridgehead atoms. The molecule has 0 radical (unpaired) electrons. The third-order valence-corrected chi connectivity index (χ3v) is 4.51. The molecule has 0 atom stereocenters. The summed E-state index contributed by atoms with van der Waals surface area (Å²) in [6.07, 6.45) is 4.47. The zero-order valence-corrected chi connectivity index (χ0v) is 17.2. The van der Waals surface area contributed by atoms with Crippen molar-refractivity contribution in [1.29, 1.82) is 0 Å². The van der Waals surface area contributed by atoms with Gasteiger partial charge in [-0.1, -0.05) is 6.07 Å². The number of benzene rings is 2. The summed E-state index contributed by atoms with van der Waals surface area (Å²) in [5, 5.41) is 2.72. The zero-order valence-electron chi connectivity index (χ0n) is 17.2. The predicted octanol–water partition coefficient (Wildman–Crippen LogP) is 2.90. The van der Waals surface area contributed by atoms with Gasteiger partial charge in [0.2, 0.25) is 5.91 Å². The van der Waals surface area contributed by atoms with Gasteiger partial charge in [0.05, 0.1) is 26.2 Å². The van der Waals surface area contributed by atoms with Crippen molar-refractivity contribution in [3.05, 3.63) is 82.7 Å². The average molecular weight is 423 g/mol. The lowest BCUT2D eigenvalue weighted by molar-refractivity contribution is -0.116. The number of rotatable bonds is 8. The Morgan fingerprint density at radius 2 is 1.84 bits per heavy atom. The molecule has 160 valence electrons. The van der Waals surface area contributed by atoms with Gasteiger partial charge in [-0.05, 0) is 48.0 Å². The highest BCUT2D eigenvalue weighted by Gasteiger charge is 2.05. The molecular weight excluding hydrogens is 401 g/mol. The van der Waals surface area contributed by atoms with Crippen LogP contribution in [0, 0.1) is 5.82 Å². The highest BCUT2D eigenvalue weighted by Crippen LogP contribution is 2.27. The fraction of sp³-hybridized carbons (Fsp3) is 0.174. The summed E-state index contributed by atoms with van der Waals surface area (Å²) >= 11 is 0. The number of halogens is 1. The Kier molecular flexibility index (Phi) is 7.16. The summed E-state index contributed by atoms with van der Waals surface area (Å²) in [7, 11) is 3.10. The number of amides is 1. The fourth-order valence-corrected chi connectivity index (χ4v) is 2.86. The Bertz CT molecular complexity index is 1140. The van der Waals surface area contributed by atoms with E-state index in [0.29, 0.717) is 22.8 Å². The van der Waals surface area contributed by atoms with Crippen LogP contribution in [-0.2, 0) is 11.3 Å². The zero-order chi connectivity index (χ0) is 22.2. The minimum absolute atomic E-state index is 0.257. The van der Waals surface area contributed by atoms with Crippen LogP contribution in [0.3, 0.4) is 0 Å². The van der Waals surface area contributed by atoms with Gasteiger partial charge in [0.15, 0.2) is 11.5 Å². The standard InChI is InChI=1S/C23H22FN3O4/c1-30-20-9-3-16(13-21(20)31-2)4-10-22(28)25-11-12-27-15-26-19(14-23(27)29)17-5-7-18(24)8-6-17/h3-10,13-15H,11-12H2,1-2H3,(H,25,28)/b10-4+. The number of nitrogens with one attached hydrogen (secondary N) is 1. The normalized spacial score (nSPS) is 10.8. The molecule has 1 amide bonds. The summed E-state index contributed by atoms with van der Waals surface area (Å²) in [6.45, 7) is 0.526. The first kappa shape index (κ1) is 21.8. The molecule has 1 aromatic heterocycles. The van der Waals surface area contributed by atoms with Crippen LogP contribution in [0.15, 0.2) is 65.7 Å². The summed E-state index contributed by atoms with van der Waals surface area (Å²) in [5.41, 5.74) is 1.64. The molecule has 0 aliphatic carbocycles. The van der Waals surface area contributed by atoms with Crippen LogP contribution in [0.5, 0.6) is 11.5 Å². The van der Waals surface area contributed by atoms with Crippen LogP contribution < -0.4 is 20.3 Å². The number of aromatic nitrogens is 2. The largest absolute Gasteiger partial charge is 0.493 e. The Morgan fingerprint density at radius 1 is 1.10 bits per heavy atom. The molecule has 0 saturated carbocycles. The van der Waals surface area contributed by atoms with E-state index in [9.17, 15) is 14.0 Å². The van der Waals surface area contributed by atoms with E-state index in [1.165, 1.54) is 35.2 Å². The average Bonchev–Trinajstić information content (AvgIpc) is 2.79. The summed E-state index contributed by atoms with van der Waals surface area (Å²) < 4.78 is 24.8. The second-order valence-corrected chi connectivity index (χ2v) is 6.55. The predicted molar refractivity (Wildman–Crippen MR) is 115 cm³/mol. The van der Waals surface area contributed by atoms with Gasteiger partial charge in [-0.2, -0.15) is 0 Å². The van der Waals surface area contributed by atoms with Crippen molar-refractivity contribution in [2.75, 3.05) is 20.8 Å². The highest BCUT2D eigenvalue weighted by atomic mass is 19.1. The monoisotopic (exact) mass is 423 g/mol. The number of carbonyl (C=O) groups excluding carboxylic acids is 1. The number of hydrogen-bond acceptors (Lipinski definition) is 5. The van der Waals surface area contributed by atoms with E-state index >= 15 is 0 Å². The van der Waals surface area contributed by atoms with Crippen molar-refractivity contribution in [3.63, 3.8) is 0 Å². The van der Waals surface area contributed by atoms with Gasteiger partial charge in [-0.25, -0.2) is 9.37 Å². The molecule has 0 unspecified atom stereocenters. The molecule has 0 fully saturated rings. The molecular formula is C23H22FN3O4. The van der Waals surface area contributed by atoms with Crippen molar-refractivity contribution in [2.24, 2.45) is 0 Å². The molecule has 7 nitrogen and oxygen atoms in total. The van der Waals surface area contributed by atoms with E-state index in [2.05, 4.69) is 10.3 Å². The van der Waals surface area contributed by atoms with Crippen LogP contribution in [0.2, 0.25) is 0 Å². The molecule has 3 aromatic rings. The summed E-state index contributed by atoms with van der Waals surface area (Å²) in [6, 6.07) is 12.5. The van der Waals surface area contributed by atoms with Gasteiger partial charge in [0.1, 0.15) is 5.82 Å². The third kappa shape index (κ3) is 5.79. The minimum atomic E-state index is -0.354. The third-order valence-electron chi connectivity index (χ3n) is 4.51. The second kappa shape index (κ2) is 10.2. The van der Waals surface area contributed by atoms with Gasteiger partial charge in [0.25, 0.3) is 5.56 Å². The van der Waals surface area contributed by atoms with E-state index in [4.69, 9.17) is 9.47 Å². The number of nitrogens with zero attached hydrogens (tertiary/aromatic N) is 2. The van der Waals surface area contributed by atoms with Gasteiger partial charge < -0.3 is 14.8 Å². The number of methoxy groups -OCH3 is 2. The Balaban J connectivity index is 1.55. The van der Waals surface area contributed by atoms with Crippen LogP contribution in [0.25, 0.3) is 17.3 Å². The van der Waals surface area contributed by atoms with Crippen molar-refractivity contribution in [2.45, 2.75) is 6.54 Å². The molecule has 3 rings (SSSR count). The first-order chi connectivity index (χ1) is 15.0. The Labute approximate surface area is 178 Å². The van der Waals surface area contributed by atoms with Gasteiger partial charge >= 0.3 is 0 Å². The maximum Gasteiger partial charge on any atom is 0.253 e. The summed E-state index contributed by atoms with van der Waals surface area (Å²) in [5.74, 6) is 0.529. The number of hydrogen-bond donors (Lipinski definition) is 1. The van der Waals surface area contributed by atoms with Crippen LogP contribution in [-0.4, -0.2) is 36.2 Å². The molecule has 1 heterocycles. The van der Waals surface area contributed by atoms with Crippen LogP contribution in [0.4, 0.5) is 4.39 Å². The molecule has 0 aliphatic rings. The fourth-order valence-electron chi connectivity index (χ4n) is 2.86. The van der Waals surface area contributed by atoms with Gasteiger partial charge in [0, 0.05) is 30.8 Å². The second-order valence-electron chi connectivity index (χ2n) is 6.55. The lowest BCUT2D eigenvalue weighted by Gasteiger charge is -2.08. The topological polar surface area (TPSA) is 82.5 Å². The van der Waals surface area contributed by atoms with Crippen molar-refractivity contribution in [3.8, 4) is 22.8 Å². The van der Waals surface area contributed by atoms with Crippen molar-refractivity contribution in [1.82, 2.24) is 14.9 Å². The maximum atomic E-state index is 13.0. The molecule has 31 heavy (non-hydrogen) atoms. The highest BCUT2D eigenvalue weighted by molar-refractivity contribution is 5.91. The quantitative estimate of drug-likeness (QED) is 0.564. The number of ether oxygens (including phenoxy) is 2. The molecule has 2 aromatic carbocycles. The van der Waals surface area contributed by atoms with E-state index in [1.807, 2.05) is 0 Å². The van der Waals surface area contributed by atoms with Crippen molar-refractivity contribution < 1.29 is 18.7 Å². The first-order valence-corrected chi connectivity index (χ1v) is 9.50. The van der Waals surface area contributed by atoms with Crippen LogP contribution in [0.1, 0.15) is 5.56 Å². The van der Waals surface area contributed by atoms with E-state index in [-0.39, 0.29) is 30.4 Å². The van der Waals surface area contributed by atoms with E-state index < -0.39 is 0 Å². The number of carbonyl (C=O) groups is 1. The summed E-state index contributed by atoms with van der Waals surface area (Å²) in [4.78, 5) is 28.6. The smallest absolute Gasteiger partial charge is 0.253 e. The van der Waals surface area contributed by atoms with E-state index in [1.54, 1.807) is 50.6 Å². The van der Waals surface area contributed by atoms with E-state index in [0.717, 1.165) is 5.56 Å².